The van der Waals surface area contributed by atoms with Crippen LogP contribution in [-0.4, -0.2) is 62.0 Å². The zero-order valence-corrected chi connectivity index (χ0v) is 19.9. The molecule has 0 spiro atoms. The first-order chi connectivity index (χ1) is 17.3. The van der Waals surface area contributed by atoms with Crippen molar-refractivity contribution in [3.8, 4) is 0 Å². The topological polar surface area (TPSA) is 103 Å². The molecule has 1 aromatic carbocycles. The van der Waals surface area contributed by atoms with E-state index in [1.807, 2.05) is 0 Å². The van der Waals surface area contributed by atoms with Crippen molar-refractivity contribution < 1.29 is 4.98 Å². The maximum Gasteiger partial charge on any atom is 0.351 e. The van der Waals surface area contributed by atoms with Crippen LogP contribution in [0, 0.1) is 0 Å². The molecule has 4 N–H and O–H groups in total. The monoisotopic (exact) mass is 470 g/mol. The van der Waals surface area contributed by atoms with Crippen LogP contribution in [0.25, 0.3) is 11.2 Å². The van der Waals surface area contributed by atoms with Gasteiger partial charge in [0, 0.05) is 24.6 Å². The predicted octanol–water partition coefficient (Wildman–Crippen LogP) is 3.19. The van der Waals surface area contributed by atoms with Crippen molar-refractivity contribution in [2.45, 2.75) is 50.5 Å². The Kier molecular flexibility index (Phi) is 5.15. The zero-order chi connectivity index (χ0) is 23.2. The van der Waals surface area contributed by atoms with Gasteiger partial charge in [0.1, 0.15) is 0 Å². The summed E-state index contributed by atoms with van der Waals surface area (Å²) in [6, 6.07) is 9.81. The van der Waals surface area contributed by atoms with E-state index in [-0.39, 0.29) is 0 Å². The Morgan fingerprint density at radius 1 is 0.886 bits per heavy atom. The fourth-order valence-electron chi connectivity index (χ4n) is 5.77. The molecule has 5 heterocycles. The lowest BCUT2D eigenvalue weighted by Crippen LogP contribution is -2.34. The maximum absolute atomic E-state index is 4.72. The van der Waals surface area contributed by atoms with E-state index in [1.54, 1.807) is 12.7 Å². The van der Waals surface area contributed by atoms with Gasteiger partial charge in [-0.05, 0) is 62.4 Å². The highest BCUT2D eigenvalue weighted by atomic mass is 15.3. The second-order valence-electron chi connectivity index (χ2n) is 10.1. The summed E-state index contributed by atoms with van der Waals surface area (Å²) in [6.07, 6.45) is 10.7. The Hall–Kier alpha value is -3.46. The number of imidazole rings is 2. The number of hydrogen-bond donors (Lipinski definition) is 3. The Morgan fingerprint density at radius 2 is 1.69 bits per heavy atom. The number of likely N-dealkylation sites (tertiary alicyclic amines) is 1. The fourth-order valence-corrected chi connectivity index (χ4v) is 5.77. The van der Waals surface area contributed by atoms with Gasteiger partial charge >= 0.3 is 5.95 Å². The molecule has 2 fully saturated rings. The number of anilines is 3. The molecule has 2 aliphatic heterocycles. The van der Waals surface area contributed by atoms with Crippen LogP contribution in [-0.2, 0) is 12.8 Å². The number of aromatic nitrogens is 6. The number of benzene rings is 1. The van der Waals surface area contributed by atoms with Crippen LogP contribution in [0.3, 0.4) is 0 Å². The van der Waals surface area contributed by atoms with Gasteiger partial charge in [-0.1, -0.05) is 17.1 Å². The highest BCUT2D eigenvalue weighted by Gasteiger charge is 2.32. The molecule has 180 valence electrons. The minimum Gasteiger partial charge on any atom is -0.348 e. The minimum atomic E-state index is 0.674. The Balaban J connectivity index is 1.08. The third-order valence-electron chi connectivity index (χ3n) is 7.92. The molecule has 4 aromatic rings. The fraction of sp³-hybridized carbons (Fsp3) is 0.462. The van der Waals surface area contributed by atoms with Crippen LogP contribution >= 0.6 is 0 Å². The van der Waals surface area contributed by atoms with Crippen molar-refractivity contribution in [2.75, 3.05) is 36.4 Å². The molecule has 9 nitrogen and oxygen atoms in total. The summed E-state index contributed by atoms with van der Waals surface area (Å²) in [5, 5.41) is 3.48. The SMILES string of the molecule is c1nc2c([nH]1)CCN(c1[nH+]c(Nc3ccc(C4CCN(C5CC5)CC4)cc3)nc3nc[nH]c13)CC2. The molecule has 3 aliphatic rings. The van der Waals surface area contributed by atoms with Crippen LogP contribution in [0.2, 0.25) is 0 Å². The maximum atomic E-state index is 4.72. The lowest BCUT2D eigenvalue weighted by atomic mass is 9.89. The van der Waals surface area contributed by atoms with Crippen LogP contribution in [0.1, 0.15) is 48.6 Å². The number of H-pyrrole nitrogens is 3. The Labute approximate surface area is 204 Å². The zero-order valence-electron chi connectivity index (χ0n) is 19.9. The molecule has 0 unspecified atom stereocenters. The molecular formula is C26H32N9+. The summed E-state index contributed by atoms with van der Waals surface area (Å²) in [7, 11) is 0. The molecule has 3 aromatic heterocycles. The van der Waals surface area contributed by atoms with Gasteiger partial charge in [0.25, 0.3) is 0 Å². The van der Waals surface area contributed by atoms with Crippen LogP contribution < -0.4 is 15.2 Å². The van der Waals surface area contributed by atoms with Crippen molar-refractivity contribution >= 4 is 28.6 Å². The Bertz CT molecular complexity index is 1290. The van der Waals surface area contributed by atoms with Gasteiger partial charge in [-0.25, -0.2) is 15.0 Å². The third kappa shape index (κ3) is 4.14. The molecule has 0 amide bonds. The lowest BCUT2D eigenvalue weighted by molar-refractivity contribution is -0.348. The quantitative estimate of drug-likeness (QED) is 0.414. The molecule has 1 aliphatic carbocycles. The van der Waals surface area contributed by atoms with E-state index in [2.05, 4.69) is 64.3 Å². The van der Waals surface area contributed by atoms with Gasteiger partial charge in [0.15, 0.2) is 5.52 Å². The Morgan fingerprint density at radius 3 is 2.51 bits per heavy atom. The standard InChI is InChI=1S/C26H31N9/c1-3-19(4-2-17(1)18-7-11-34(12-8-18)20-5-6-20)31-26-32-24-23(29-16-30-24)25(33-26)35-13-9-21-22(10-14-35)28-15-27-21/h1-4,15-16,18,20H,5-14H2,(H,27,28)(H2,29,30,31,32,33)/p+1. The molecule has 0 atom stereocenters. The number of nitrogens with zero attached hydrogens (tertiary/aromatic N) is 5. The van der Waals surface area contributed by atoms with E-state index in [1.165, 1.54) is 55.7 Å². The summed E-state index contributed by atoms with van der Waals surface area (Å²) in [4.78, 5) is 28.8. The van der Waals surface area contributed by atoms with Crippen molar-refractivity contribution in [1.82, 2.24) is 29.8 Å². The van der Waals surface area contributed by atoms with Crippen molar-refractivity contribution in [3.63, 3.8) is 0 Å². The van der Waals surface area contributed by atoms with Crippen molar-refractivity contribution in [3.05, 3.63) is 53.9 Å². The first kappa shape index (κ1) is 20.9. The number of hydrogen-bond acceptors (Lipinski definition) is 6. The smallest absolute Gasteiger partial charge is 0.348 e. The number of piperidine rings is 1. The first-order valence-electron chi connectivity index (χ1n) is 12.9. The minimum absolute atomic E-state index is 0.674. The van der Waals surface area contributed by atoms with Crippen LogP contribution in [0.4, 0.5) is 17.5 Å². The van der Waals surface area contributed by atoms with E-state index in [0.29, 0.717) is 17.5 Å². The summed E-state index contributed by atoms with van der Waals surface area (Å²) in [6.45, 7) is 4.29. The summed E-state index contributed by atoms with van der Waals surface area (Å²) in [5.41, 5.74) is 6.53. The number of rotatable bonds is 5. The average Bonchev–Trinajstić information content (AvgIpc) is 3.53. The predicted molar refractivity (Wildman–Crippen MR) is 135 cm³/mol. The number of aromatic amines is 3. The molecule has 0 bridgehead atoms. The molecule has 1 saturated heterocycles. The van der Waals surface area contributed by atoms with E-state index >= 15 is 0 Å². The second-order valence-corrected chi connectivity index (χ2v) is 10.1. The van der Waals surface area contributed by atoms with E-state index < -0.39 is 0 Å². The molecular weight excluding hydrogens is 438 g/mol. The first-order valence-corrected chi connectivity index (χ1v) is 12.9. The molecule has 35 heavy (non-hydrogen) atoms. The van der Waals surface area contributed by atoms with Gasteiger partial charge in [0.05, 0.1) is 37.1 Å². The number of nitrogens with one attached hydrogen (secondary N) is 4. The highest BCUT2D eigenvalue weighted by Crippen LogP contribution is 2.35. The average molecular weight is 471 g/mol. The van der Waals surface area contributed by atoms with Gasteiger partial charge in [-0.3, -0.25) is 5.32 Å². The van der Waals surface area contributed by atoms with E-state index in [4.69, 9.17) is 4.98 Å². The molecule has 1 saturated carbocycles. The van der Waals surface area contributed by atoms with Gasteiger partial charge in [-0.15, -0.1) is 0 Å². The largest absolute Gasteiger partial charge is 0.351 e. The summed E-state index contributed by atoms with van der Waals surface area (Å²) >= 11 is 0. The number of fused-ring (bicyclic) bond motifs is 2. The van der Waals surface area contributed by atoms with Crippen molar-refractivity contribution in [1.29, 1.82) is 0 Å². The van der Waals surface area contributed by atoms with Gasteiger partial charge < -0.3 is 19.8 Å². The lowest BCUT2D eigenvalue weighted by Gasteiger charge is -2.32. The van der Waals surface area contributed by atoms with Crippen molar-refractivity contribution in [2.24, 2.45) is 0 Å². The molecule has 0 radical (unpaired) electrons. The molecule has 7 rings (SSSR count). The van der Waals surface area contributed by atoms with Gasteiger partial charge in [-0.2, -0.15) is 0 Å². The summed E-state index contributed by atoms with van der Waals surface area (Å²) < 4.78 is 0. The van der Waals surface area contributed by atoms with Crippen LogP contribution in [0.5, 0.6) is 0 Å². The van der Waals surface area contributed by atoms with Crippen LogP contribution in [0.15, 0.2) is 36.9 Å². The highest BCUT2D eigenvalue weighted by molar-refractivity contribution is 5.82. The van der Waals surface area contributed by atoms with E-state index in [0.717, 1.165) is 49.0 Å². The second kappa shape index (κ2) is 8.64. The summed E-state index contributed by atoms with van der Waals surface area (Å²) in [5.74, 6) is 2.39. The van der Waals surface area contributed by atoms with E-state index in [9.17, 15) is 0 Å². The third-order valence-corrected chi connectivity index (χ3v) is 7.92. The van der Waals surface area contributed by atoms with Gasteiger partial charge in [0.2, 0.25) is 11.5 Å². The molecule has 9 heteroatoms. The normalized spacial score (nSPS) is 19.6.